The van der Waals surface area contributed by atoms with Gasteiger partial charge >= 0.3 is 0 Å². The van der Waals surface area contributed by atoms with Crippen molar-refractivity contribution in [3.63, 3.8) is 0 Å². The third-order valence-corrected chi connectivity index (χ3v) is 6.31. The molecule has 2 aromatic rings. The summed E-state index contributed by atoms with van der Waals surface area (Å²) in [7, 11) is 0. The fraction of sp³-hybridized carbons (Fsp3) is 0.647. The number of amides is 1. The van der Waals surface area contributed by atoms with Crippen LogP contribution in [0.2, 0.25) is 0 Å². The minimum Gasteiger partial charge on any atom is -0.342 e. The van der Waals surface area contributed by atoms with Crippen LogP contribution in [0.25, 0.3) is 10.8 Å². The summed E-state index contributed by atoms with van der Waals surface area (Å²) >= 11 is 1.56. The molecule has 0 N–H and O–H groups in total. The Bertz CT molecular complexity index is 762. The largest absolute Gasteiger partial charge is 0.342 e. The molecule has 126 valence electrons. The minimum absolute atomic E-state index is 0.0624. The van der Waals surface area contributed by atoms with Gasteiger partial charge in [0.15, 0.2) is 5.82 Å². The van der Waals surface area contributed by atoms with E-state index in [0.29, 0.717) is 30.0 Å². The maximum atomic E-state index is 12.3. The standard InChI is InChI=1S/C17H20N4O2S/c22-13-6-12(8-21(13)7-10-2-1-3-10)16-19-17(23-20-16)15-14(11-4-5-11)18-9-24-15/h9-12H,1-8H2. The van der Waals surface area contributed by atoms with Crippen LogP contribution < -0.4 is 0 Å². The van der Waals surface area contributed by atoms with E-state index in [1.54, 1.807) is 11.3 Å². The Kier molecular flexibility index (Phi) is 3.43. The number of hydrogen-bond acceptors (Lipinski definition) is 6. The molecular weight excluding hydrogens is 324 g/mol. The Morgan fingerprint density at radius 1 is 1.25 bits per heavy atom. The average molecular weight is 344 g/mol. The highest BCUT2D eigenvalue weighted by Gasteiger charge is 2.36. The molecule has 2 aromatic heterocycles. The van der Waals surface area contributed by atoms with Gasteiger partial charge in [0.2, 0.25) is 5.91 Å². The van der Waals surface area contributed by atoms with Gasteiger partial charge in [-0.2, -0.15) is 4.98 Å². The number of rotatable bonds is 5. The van der Waals surface area contributed by atoms with Crippen molar-refractivity contribution in [3.05, 3.63) is 17.0 Å². The molecule has 24 heavy (non-hydrogen) atoms. The topological polar surface area (TPSA) is 72.1 Å². The maximum Gasteiger partial charge on any atom is 0.269 e. The molecule has 0 radical (unpaired) electrons. The fourth-order valence-electron chi connectivity index (χ4n) is 3.66. The van der Waals surface area contributed by atoms with Gasteiger partial charge < -0.3 is 9.42 Å². The predicted octanol–water partition coefficient (Wildman–Crippen LogP) is 3.19. The molecule has 6 nitrogen and oxygen atoms in total. The normalized spacial score (nSPS) is 24.6. The van der Waals surface area contributed by atoms with Crippen LogP contribution in [-0.4, -0.2) is 39.0 Å². The molecule has 0 aromatic carbocycles. The third-order valence-electron chi connectivity index (χ3n) is 5.48. The van der Waals surface area contributed by atoms with Gasteiger partial charge in [0, 0.05) is 31.3 Å². The smallest absolute Gasteiger partial charge is 0.269 e. The number of hydrogen-bond donors (Lipinski definition) is 0. The number of aromatic nitrogens is 3. The van der Waals surface area contributed by atoms with Crippen LogP contribution in [0.1, 0.15) is 61.9 Å². The molecular formula is C17H20N4O2S. The summed E-state index contributed by atoms with van der Waals surface area (Å²) < 4.78 is 5.50. The van der Waals surface area contributed by atoms with Crippen LogP contribution in [-0.2, 0) is 4.79 Å². The molecule has 1 unspecified atom stereocenters. The van der Waals surface area contributed by atoms with Crippen molar-refractivity contribution in [2.45, 2.75) is 50.4 Å². The number of carbonyl (C=O) groups excluding carboxylic acids is 1. The van der Waals surface area contributed by atoms with Crippen LogP contribution in [0.3, 0.4) is 0 Å². The van der Waals surface area contributed by atoms with Crippen molar-refractivity contribution in [3.8, 4) is 10.8 Å². The second kappa shape index (κ2) is 5.65. The van der Waals surface area contributed by atoms with Gasteiger partial charge in [-0.25, -0.2) is 4.98 Å². The molecule has 7 heteroatoms. The molecule has 1 aliphatic heterocycles. The average Bonchev–Trinajstić information content (AvgIpc) is 2.97. The molecule has 1 atom stereocenters. The molecule has 3 fully saturated rings. The van der Waals surface area contributed by atoms with Crippen LogP contribution in [0.4, 0.5) is 0 Å². The van der Waals surface area contributed by atoms with E-state index in [1.807, 2.05) is 10.4 Å². The van der Waals surface area contributed by atoms with Crippen molar-refractivity contribution < 1.29 is 9.32 Å². The maximum absolute atomic E-state index is 12.3. The number of carbonyl (C=O) groups is 1. The quantitative estimate of drug-likeness (QED) is 0.833. The zero-order valence-electron chi connectivity index (χ0n) is 13.5. The highest BCUT2D eigenvalue weighted by atomic mass is 32.1. The summed E-state index contributed by atoms with van der Waals surface area (Å²) in [6, 6.07) is 0. The lowest BCUT2D eigenvalue weighted by Crippen LogP contribution is -2.33. The molecule has 0 spiro atoms. The van der Waals surface area contributed by atoms with Crippen molar-refractivity contribution >= 4 is 17.2 Å². The van der Waals surface area contributed by atoms with Gasteiger partial charge in [-0.3, -0.25) is 4.79 Å². The third kappa shape index (κ3) is 2.55. The SMILES string of the molecule is O=C1CC(c2noc(-c3scnc3C3CC3)n2)CN1CC1CCC1. The Morgan fingerprint density at radius 3 is 2.88 bits per heavy atom. The Hall–Kier alpha value is -1.76. The number of thiazole rings is 1. The summed E-state index contributed by atoms with van der Waals surface area (Å²) in [5.74, 6) is 2.80. The van der Waals surface area contributed by atoms with E-state index in [0.717, 1.165) is 23.7 Å². The fourth-order valence-corrected chi connectivity index (χ4v) is 4.46. The Labute approximate surface area is 144 Å². The van der Waals surface area contributed by atoms with E-state index in [1.165, 1.54) is 32.1 Å². The van der Waals surface area contributed by atoms with E-state index in [2.05, 4.69) is 15.1 Å². The second-order valence-electron chi connectivity index (χ2n) is 7.30. The zero-order valence-corrected chi connectivity index (χ0v) is 14.3. The molecule has 3 aliphatic rings. The number of likely N-dealkylation sites (tertiary alicyclic amines) is 1. The first-order chi connectivity index (χ1) is 11.8. The van der Waals surface area contributed by atoms with Gasteiger partial charge in [0.05, 0.1) is 11.2 Å². The summed E-state index contributed by atoms with van der Waals surface area (Å²) in [5.41, 5.74) is 2.95. The van der Waals surface area contributed by atoms with E-state index in [9.17, 15) is 4.79 Å². The highest BCUT2D eigenvalue weighted by molar-refractivity contribution is 7.13. The van der Waals surface area contributed by atoms with E-state index in [-0.39, 0.29) is 11.8 Å². The molecule has 2 saturated carbocycles. The summed E-state index contributed by atoms with van der Waals surface area (Å²) in [4.78, 5) is 24.3. The lowest BCUT2D eigenvalue weighted by Gasteiger charge is -2.30. The van der Waals surface area contributed by atoms with E-state index in [4.69, 9.17) is 4.52 Å². The molecule has 3 heterocycles. The Morgan fingerprint density at radius 2 is 2.12 bits per heavy atom. The zero-order chi connectivity index (χ0) is 16.1. The van der Waals surface area contributed by atoms with Gasteiger partial charge in [-0.1, -0.05) is 11.6 Å². The summed E-state index contributed by atoms with van der Waals surface area (Å²) in [6.07, 6.45) is 6.73. The van der Waals surface area contributed by atoms with Crippen molar-refractivity contribution in [2.75, 3.05) is 13.1 Å². The minimum atomic E-state index is 0.0624. The first-order valence-electron chi connectivity index (χ1n) is 8.83. The van der Waals surface area contributed by atoms with Crippen molar-refractivity contribution in [1.29, 1.82) is 0 Å². The molecule has 1 saturated heterocycles. The van der Waals surface area contributed by atoms with Gasteiger partial charge in [0.1, 0.15) is 4.88 Å². The molecule has 2 aliphatic carbocycles. The number of nitrogens with zero attached hydrogens (tertiary/aromatic N) is 4. The van der Waals surface area contributed by atoms with Crippen LogP contribution >= 0.6 is 11.3 Å². The Balaban J connectivity index is 1.32. The first kappa shape index (κ1) is 14.6. The lowest BCUT2D eigenvalue weighted by molar-refractivity contribution is -0.128. The van der Waals surface area contributed by atoms with E-state index >= 15 is 0 Å². The molecule has 5 rings (SSSR count). The molecule has 1 amide bonds. The first-order valence-corrected chi connectivity index (χ1v) is 9.71. The van der Waals surface area contributed by atoms with Crippen molar-refractivity contribution in [2.24, 2.45) is 5.92 Å². The molecule has 0 bridgehead atoms. The monoisotopic (exact) mass is 344 g/mol. The second-order valence-corrected chi connectivity index (χ2v) is 8.15. The van der Waals surface area contributed by atoms with Gasteiger partial charge in [-0.05, 0) is 31.6 Å². The van der Waals surface area contributed by atoms with Crippen LogP contribution in [0.5, 0.6) is 0 Å². The summed E-state index contributed by atoms with van der Waals surface area (Å²) in [5, 5.41) is 4.17. The van der Waals surface area contributed by atoms with Gasteiger partial charge in [0.25, 0.3) is 5.89 Å². The highest BCUT2D eigenvalue weighted by Crippen LogP contribution is 2.45. The van der Waals surface area contributed by atoms with E-state index < -0.39 is 0 Å². The van der Waals surface area contributed by atoms with Crippen molar-refractivity contribution in [1.82, 2.24) is 20.0 Å². The van der Waals surface area contributed by atoms with Crippen LogP contribution in [0, 0.1) is 5.92 Å². The van der Waals surface area contributed by atoms with Crippen LogP contribution in [0.15, 0.2) is 10.0 Å². The van der Waals surface area contributed by atoms with Gasteiger partial charge in [-0.15, -0.1) is 11.3 Å². The summed E-state index contributed by atoms with van der Waals surface area (Å²) in [6.45, 7) is 1.63. The predicted molar refractivity (Wildman–Crippen MR) is 88.7 cm³/mol. The lowest BCUT2D eigenvalue weighted by atomic mass is 9.85.